The van der Waals surface area contributed by atoms with Crippen LogP contribution in [0.2, 0.25) is 5.02 Å². The van der Waals surface area contributed by atoms with Crippen LogP contribution >= 0.6 is 11.6 Å². The zero-order valence-corrected chi connectivity index (χ0v) is 11.6. The lowest BCUT2D eigenvalue weighted by atomic mass is 9.95. The number of carbonyl (C=O) groups is 1. The van der Waals surface area contributed by atoms with E-state index in [1.54, 1.807) is 36.7 Å². The van der Waals surface area contributed by atoms with E-state index in [1.807, 2.05) is 26.0 Å². The molecule has 98 valence electrons. The maximum absolute atomic E-state index is 12.2. The molecule has 0 saturated heterocycles. The summed E-state index contributed by atoms with van der Waals surface area (Å²) in [5.74, 6) is -0.195. The molecule has 3 nitrogen and oxygen atoms in total. The number of benzene rings is 1. The second kappa shape index (κ2) is 5.41. The van der Waals surface area contributed by atoms with Gasteiger partial charge in [-0.25, -0.2) is 0 Å². The van der Waals surface area contributed by atoms with Crippen LogP contribution in [0.4, 0.5) is 0 Å². The Labute approximate surface area is 117 Å². The largest absolute Gasteiger partial charge is 0.343 e. The van der Waals surface area contributed by atoms with Crippen molar-refractivity contribution in [3.8, 4) is 0 Å². The van der Waals surface area contributed by atoms with Gasteiger partial charge in [0.2, 0.25) is 0 Å². The minimum absolute atomic E-state index is 0.195. The highest BCUT2D eigenvalue weighted by Gasteiger charge is 2.24. The van der Waals surface area contributed by atoms with Crippen LogP contribution in [0, 0.1) is 0 Å². The van der Waals surface area contributed by atoms with Crippen molar-refractivity contribution in [1.29, 1.82) is 0 Å². The lowest BCUT2D eigenvalue weighted by Gasteiger charge is -2.26. The summed E-state index contributed by atoms with van der Waals surface area (Å²) in [5.41, 5.74) is 0.904. The van der Waals surface area contributed by atoms with E-state index in [2.05, 4.69) is 10.3 Å². The van der Waals surface area contributed by atoms with Crippen LogP contribution in [0.5, 0.6) is 0 Å². The van der Waals surface area contributed by atoms with Gasteiger partial charge in [0.1, 0.15) is 0 Å². The molecule has 1 heterocycles. The van der Waals surface area contributed by atoms with Crippen molar-refractivity contribution in [3.05, 3.63) is 64.9 Å². The molecule has 0 fully saturated rings. The second-order valence-electron chi connectivity index (χ2n) is 4.80. The zero-order valence-electron chi connectivity index (χ0n) is 10.9. The van der Waals surface area contributed by atoms with Gasteiger partial charge in [-0.3, -0.25) is 9.78 Å². The van der Waals surface area contributed by atoms with Crippen molar-refractivity contribution >= 4 is 17.5 Å². The average Bonchev–Trinajstić information content (AvgIpc) is 2.39. The summed E-state index contributed by atoms with van der Waals surface area (Å²) in [7, 11) is 0. The van der Waals surface area contributed by atoms with Crippen molar-refractivity contribution in [3.63, 3.8) is 0 Å². The summed E-state index contributed by atoms with van der Waals surface area (Å²) in [4.78, 5) is 16.3. The van der Waals surface area contributed by atoms with Gasteiger partial charge in [0.05, 0.1) is 16.1 Å². The molecule has 1 aromatic carbocycles. The van der Waals surface area contributed by atoms with Crippen molar-refractivity contribution in [1.82, 2.24) is 10.3 Å². The number of hydrogen-bond donors (Lipinski definition) is 1. The average molecular weight is 275 g/mol. The van der Waals surface area contributed by atoms with E-state index in [-0.39, 0.29) is 5.91 Å². The van der Waals surface area contributed by atoms with Crippen molar-refractivity contribution in [2.45, 2.75) is 19.4 Å². The minimum atomic E-state index is -0.509. The lowest BCUT2D eigenvalue weighted by molar-refractivity contribution is 0.0912. The third kappa shape index (κ3) is 3.12. The predicted molar refractivity (Wildman–Crippen MR) is 76.2 cm³/mol. The van der Waals surface area contributed by atoms with Gasteiger partial charge in [0.25, 0.3) is 5.91 Å². The van der Waals surface area contributed by atoms with E-state index in [9.17, 15) is 4.79 Å². The molecule has 0 atom stereocenters. The number of nitrogens with zero attached hydrogens (tertiary/aromatic N) is 1. The van der Waals surface area contributed by atoms with Crippen LogP contribution in [0.1, 0.15) is 29.8 Å². The van der Waals surface area contributed by atoms with Gasteiger partial charge in [-0.15, -0.1) is 0 Å². The fourth-order valence-electron chi connectivity index (χ4n) is 1.80. The van der Waals surface area contributed by atoms with E-state index >= 15 is 0 Å². The third-order valence-corrected chi connectivity index (χ3v) is 3.26. The van der Waals surface area contributed by atoms with Crippen molar-refractivity contribution < 1.29 is 4.79 Å². The monoisotopic (exact) mass is 274 g/mol. The summed E-state index contributed by atoms with van der Waals surface area (Å²) in [5, 5.41) is 3.41. The molecule has 0 spiro atoms. The predicted octanol–water partition coefficient (Wildman–Crippen LogP) is 3.40. The van der Waals surface area contributed by atoms with Gasteiger partial charge < -0.3 is 5.32 Å². The van der Waals surface area contributed by atoms with Crippen LogP contribution < -0.4 is 5.32 Å². The van der Waals surface area contributed by atoms with E-state index in [1.165, 1.54) is 0 Å². The molecule has 0 aliphatic heterocycles. The van der Waals surface area contributed by atoms with E-state index < -0.39 is 5.54 Å². The highest BCUT2D eigenvalue weighted by atomic mass is 35.5. The summed E-state index contributed by atoms with van der Waals surface area (Å²) in [6.07, 6.45) is 3.45. The first-order valence-electron chi connectivity index (χ1n) is 5.98. The number of nitrogens with one attached hydrogen (secondary N) is 1. The summed E-state index contributed by atoms with van der Waals surface area (Å²) in [6, 6.07) is 10.8. The van der Waals surface area contributed by atoms with E-state index in [0.29, 0.717) is 10.6 Å². The fraction of sp³-hybridized carbons (Fsp3) is 0.200. The lowest BCUT2D eigenvalue weighted by Crippen LogP contribution is -2.41. The topological polar surface area (TPSA) is 42.0 Å². The number of amides is 1. The van der Waals surface area contributed by atoms with Crippen molar-refractivity contribution in [2.24, 2.45) is 0 Å². The molecule has 2 rings (SSSR count). The van der Waals surface area contributed by atoms with Crippen LogP contribution in [-0.2, 0) is 5.54 Å². The number of rotatable bonds is 3. The van der Waals surface area contributed by atoms with Crippen LogP contribution in [0.3, 0.4) is 0 Å². The summed E-state index contributed by atoms with van der Waals surface area (Å²) >= 11 is 6.02. The Morgan fingerprint density at radius 3 is 2.58 bits per heavy atom. The van der Waals surface area contributed by atoms with Gasteiger partial charge in [0.15, 0.2) is 0 Å². The standard InChI is InChI=1S/C15H15ClN2O/c1-15(2,11-6-5-9-17-10-11)18-14(19)12-7-3-4-8-13(12)16/h3-10H,1-2H3,(H,18,19). The van der Waals surface area contributed by atoms with E-state index in [4.69, 9.17) is 11.6 Å². The second-order valence-corrected chi connectivity index (χ2v) is 5.21. The molecule has 0 aliphatic carbocycles. The summed E-state index contributed by atoms with van der Waals surface area (Å²) < 4.78 is 0. The van der Waals surface area contributed by atoms with Crippen LogP contribution in [0.15, 0.2) is 48.8 Å². The number of carbonyl (C=O) groups excluding carboxylic acids is 1. The van der Waals surface area contributed by atoms with Crippen LogP contribution in [-0.4, -0.2) is 10.9 Å². The van der Waals surface area contributed by atoms with Gasteiger partial charge in [0, 0.05) is 12.4 Å². The number of hydrogen-bond acceptors (Lipinski definition) is 2. The highest BCUT2D eigenvalue weighted by molar-refractivity contribution is 6.33. The first-order chi connectivity index (χ1) is 9.00. The number of halogens is 1. The zero-order chi connectivity index (χ0) is 13.9. The van der Waals surface area contributed by atoms with Gasteiger partial charge in [-0.05, 0) is 37.6 Å². The Hall–Kier alpha value is -1.87. The normalized spacial score (nSPS) is 11.1. The number of aromatic nitrogens is 1. The van der Waals surface area contributed by atoms with Gasteiger partial charge in [-0.2, -0.15) is 0 Å². The molecule has 0 saturated carbocycles. The molecule has 0 aliphatic rings. The third-order valence-electron chi connectivity index (χ3n) is 2.93. The molecular formula is C15H15ClN2O. The molecule has 0 unspecified atom stereocenters. The molecule has 0 radical (unpaired) electrons. The first kappa shape index (κ1) is 13.6. The Bertz CT molecular complexity index is 582. The SMILES string of the molecule is CC(C)(NC(=O)c1ccccc1Cl)c1cccnc1. The summed E-state index contributed by atoms with van der Waals surface area (Å²) in [6.45, 7) is 3.86. The molecule has 1 N–H and O–H groups in total. The van der Waals surface area contributed by atoms with Crippen LogP contribution in [0.25, 0.3) is 0 Å². The molecule has 1 amide bonds. The Balaban J connectivity index is 2.22. The smallest absolute Gasteiger partial charge is 0.253 e. The molecule has 4 heteroatoms. The van der Waals surface area contributed by atoms with Gasteiger partial charge in [-0.1, -0.05) is 29.8 Å². The number of pyridine rings is 1. The maximum atomic E-state index is 12.2. The minimum Gasteiger partial charge on any atom is -0.343 e. The molecule has 0 bridgehead atoms. The Kier molecular flexibility index (Phi) is 3.86. The quantitative estimate of drug-likeness (QED) is 0.932. The Morgan fingerprint density at radius 1 is 1.21 bits per heavy atom. The fourth-order valence-corrected chi connectivity index (χ4v) is 2.02. The van der Waals surface area contributed by atoms with Crippen molar-refractivity contribution in [2.75, 3.05) is 0 Å². The first-order valence-corrected chi connectivity index (χ1v) is 6.36. The van der Waals surface area contributed by atoms with E-state index in [0.717, 1.165) is 5.56 Å². The molecule has 19 heavy (non-hydrogen) atoms. The maximum Gasteiger partial charge on any atom is 0.253 e. The Morgan fingerprint density at radius 2 is 1.95 bits per heavy atom. The highest BCUT2D eigenvalue weighted by Crippen LogP contribution is 2.21. The molecule has 1 aromatic heterocycles. The van der Waals surface area contributed by atoms with Gasteiger partial charge >= 0.3 is 0 Å². The molecular weight excluding hydrogens is 260 g/mol. The molecule has 2 aromatic rings.